The summed E-state index contributed by atoms with van der Waals surface area (Å²) in [5.74, 6) is 0.759. The van der Waals surface area contributed by atoms with Crippen molar-refractivity contribution in [2.24, 2.45) is 0 Å². The average Bonchev–Trinajstić information content (AvgIpc) is 2.76. The number of ether oxygens (including phenoxy) is 2. The zero-order valence-corrected chi connectivity index (χ0v) is 16.8. The van der Waals surface area contributed by atoms with Gasteiger partial charge in [0.1, 0.15) is 6.61 Å². The number of benzene rings is 2. The number of hydrogen-bond donors (Lipinski definition) is 2. The number of likely N-dealkylation sites (N-methyl/N-ethyl adjacent to an activating group) is 1. The molecule has 1 atom stereocenters. The normalized spacial score (nSPS) is 15.1. The minimum atomic E-state index is -0.729. The number of carbonyl (C=O) groups is 2. The number of carbonyl (C=O) groups excluding carboxylic acids is 2. The number of nitrogens with zero attached hydrogens (tertiary/aromatic N) is 1. The predicted molar refractivity (Wildman–Crippen MR) is 112 cm³/mol. The Morgan fingerprint density at radius 1 is 1.03 bits per heavy atom. The molecule has 0 aromatic heterocycles. The van der Waals surface area contributed by atoms with E-state index in [2.05, 4.69) is 29.4 Å². The topological polar surface area (TPSA) is 79.9 Å². The molecule has 0 aliphatic carbocycles. The molecule has 7 heteroatoms. The second kappa shape index (κ2) is 9.93. The molecule has 7 nitrogen and oxygen atoms in total. The van der Waals surface area contributed by atoms with Gasteiger partial charge in [-0.3, -0.25) is 9.59 Å². The molecule has 2 aromatic carbocycles. The van der Waals surface area contributed by atoms with Crippen molar-refractivity contribution in [2.45, 2.75) is 20.0 Å². The van der Waals surface area contributed by atoms with E-state index in [1.165, 1.54) is 0 Å². The summed E-state index contributed by atoms with van der Waals surface area (Å²) in [5, 5.41) is 5.71. The first-order valence-corrected chi connectivity index (χ1v) is 9.90. The molecule has 2 N–H and O–H groups in total. The second-order valence-electron chi connectivity index (χ2n) is 6.71. The number of rotatable bonds is 8. The van der Waals surface area contributed by atoms with Gasteiger partial charge in [0.15, 0.2) is 11.5 Å². The summed E-state index contributed by atoms with van der Waals surface area (Å²) in [6.45, 7) is 7.68. The van der Waals surface area contributed by atoms with Crippen molar-refractivity contribution < 1.29 is 19.1 Å². The Hall–Kier alpha value is -3.06. The number of nitrogens with one attached hydrogen (secondary N) is 2. The molecule has 2 aromatic rings. The van der Waals surface area contributed by atoms with Crippen molar-refractivity contribution in [3.63, 3.8) is 0 Å². The quantitative estimate of drug-likeness (QED) is 0.716. The van der Waals surface area contributed by atoms with Crippen molar-refractivity contribution in [3.8, 4) is 11.5 Å². The van der Waals surface area contributed by atoms with Gasteiger partial charge in [-0.15, -0.1) is 0 Å². The standard InChI is InChI=1S/C22H27N3O4/c1-3-25(4-2)14-13-23-21(26)16-9-11-17(12-10-16)24-22(27)20-15-28-18-7-5-6-8-19(18)29-20/h5-12,20H,3-4,13-15H2,1-2H3,(H,23,26)(H,24,27)/t20-/m1/s1. The molecule has 29 heavy (non-hydrogen) atoms. The maximum absolute atomic E-state index is 12.5. The highest BCUT2D eigenvalue weighted by Gasteiger charge is 2.27. The largest absolute Gasteiger partial charge is 0.485 e. The van der Waals surface area contributed by atoms with E-state index in [9.17, 15) is 9.59 Å². The maximum atomic E-state index is 12.5. The van der Waals surface area contributed by atoms with Gasteiger partial charge in [0.05, 0.1) is 0 Å². The first-order chi connectivity index (χ1) is 14.1. The number of hydrogen-bond acceptors (Lipinski definition) is 5. The molecule has 0 saturated carbocycles. The van der Waals surface area contributed by atoms with Crippen molar-refractivity contribution >= 4 is 17.5 Å². The fraction of sp³-hybridized carbons (Fsp3) is 0.364. The van der Waals surface area contributed by atoms with Gasteiger partial charge in [0.25, 0.3) is 11.8 Å². The smallest absolute Gasteiger partial charge is 0.269 e. The van der Waals surface area contributed by atoms with Crippen LogP contribution in [0.3, 0.4) is 0 Å². The lowest BCUT2D eigenvalue weighted by Crippen LogP contribution is -2.40. The highest BCUT2D eigenvalue weighted by atomic mass is 16.6. The van der Waals surface area contributed by atoms with Crippen LogP contribution in [0.25, 0.3) is 0 Å². The van der Waals surface area contributed by atoms with Gasteiger partial charge >= 0.3 is 0 Å². The van der Waals surface area contributed by atoms with Crippen LogP contribution in [0.1, 0.15) is 24.2 Å². The summed E-state index contributed by atoms with van der Waals surface area (Å²) >= 11 is 0. The Labute approximate surface area is 171 Å². The van der Waals surface area contributed by atoms with Crippen molar-refractivity contribution in [2.75, 3.05) is 38.1 Å². The van der Waals surface area contributed by atoms with Gasteiger partial charge in [0, 0.05) is 24.3 Å². The molecule has 154 valence electrons. The highest BCUT2D eigenvalue weighted by Crippen LogP contribution is 2.31. The van der Waals surface area contributed by atoms with E-state index >= 15 is 0 Å². The minimum Gasteiger partial charge on any atom is -0.485 e. The van der Waals surface area contributed by atoms with Crippen LogP contribution in [0.2, 0.25) is 0 Å². The lowest BCUT2D eigenvalue weighted by Gasteiger charge is -2.25. The third kappa shape index (κ3) is 5.48. The summed E-state index contributed by atoms with van der Waals surface area (Å²) in [7, 11) is 0. The molecule has 0 fully saturated rings. The molecule has 3 rings (SSSR count). The predicted octanol–water partition coefficient (Wildman–Crippen LogP) is 2.54. The minimum absolute atomic E-state index is 0.129. The van der Waals surface area contributed by atoms with Crippen LogP contribution in [0, 0.1) is 0 Å². The second-order valence-corrected chi connectivity index (χ2v) is 6.71. The Bertz CT molecular complexity index is 834. The number of para-hydroxylation sites is 2. The van der Waals surface area contributed by atoms with E-state index in [0.29, 0.717) is 29.3 Å². The van der Waals surface area contributed by atoms with Gasteiger partial charge in [-0.05, 0) is 49.5 Å². The Balaban J connectivity index is 1.50. The summed E-state index contributed by atoms with van der Waals surface area (Å²) in [4.78, 5) is 26.9. The molecule has 0 bridgehead atoms. The van der Waals surface area contributed by atoms with Crippen LogP contribution in [0.4, 0.5) is 5.69 Å². The molecule has 1 heterocycles. The summed E-state index contributed by atoms with van der Waals surface area (Å²) < 4.78 is 11.3. The molecular weight excluding hydrogens is 370 g/mol. The van der Waals surface area contributed by atoms with Crippen LogP contribution >= 0.6 is 0 Å². The summed E-state index contributed by atoms with van der Waals surface area (Å²) in [5.41, 5.74) is 1.14. The van der Waals surface area contributed by atoms with E-state index in [1.807, 2.05) is 12.1 Å². The van der Waals surface area contributed by atoms with E-state index in [0.717, 1.165) is 19.6 Å². The van der Waals surface area contributed by atoms with Crippen molar-refractivity contribution in [1.29, 1.82) is 0 Å². The van der Waals surface area contributed by atoms with Gasteiger partial charge < -0.3 is 25.0 Å². The van der Waals surface area contributed by atoms with E-state index < -0.39 is 6.10 Å². The van der Waals surface area contributed by atoms with E-state index in [-0.39, 0.29) is 18.4 Å². The Morgan fingerprint density at radius 2 is 1.72 bits per heavy atom. The lowest BCUT2D eigenvalue weighted by molar-refractivity contribution is -0.125. The van der Waals surface area contributed by atoms with Gasteiger partial charge in [-0.2, -0.15) is 0 Å². The highest BCUT2D eigenvalue weighted by molar-refractivity contribution is 5.97. The molecule has 0 unspecified atom stereocenters. The fourth-order valence-electron chi connectivity index (χ4n) is 3.05. The van der Waals surface area contributed by atoms with Gasteiger partial charge in [-0.25, -0.2) is 0 Å². The SMILES string of the molecule is CCN(CC)CCNC(=O)c1ccc(NC(=O)[C@H]2COc3ccccc3O2)cc1. The molecule has 0 radical (unpaired) electrons. The first-order valence-electron chi connectivity index (χ1n) is 9.90. The Kier molecular flexibility index (Phi) is 7.08. The number of fused-ring (bicyclic) bond motifs is 1. The molecular formula is C22H27N3O4. The average molecular weight is 397 g/mol. The van der Waals surface area contributed by atoms with Crippen LogP contribution in [0.15, 0.2) is 48.5 Å². The zero-order chi connectivity index (χ0) is 20.6. The van der Waals surface area contributed by atoms with E-state index in [4.69, 9.17) is 9.47 Å². The van der Waals surface area contributed by atoms with E-state index in [1.54, 1.807) is 36.4 Å². The third-order valence-electron chi connectivity index (χ3n) is 4.82. The molecule has 0 saturated heterocycles. The van der Waals surface area contributed by atoms with Gasteiger partial charge in [0.2, 0.25) is 6.10 Å². The van der Waals surface area contributed by atoms with Crippen molar-refractivity contribution in [1.82, 2.24) is 10.2 Å². The first kappa shape index (κ1) is 20.7. The van der Waals surface area contributed by atoms with Crippen LogP contribution in [-0.4, -0.2) is 55.6 Å². The molecule has 1 aliphatic heterocycles. The van der Waals surface area contributed by atoms with Crippen LogP contribution in [0.5, 0.6) is 11.5 Å². The molecule has 2 amide bonds. The Morgan fingerprint density at radius 3 is 2.41 bits per heavy atom. The zero-order valence-electron chi connectivity index (χ0n) is 16.8. The lowest BCUT2D eigenvalue weighted by atomic mass is 10.2. The number of anilines is 1. The summed E-state index contributed by atoms with van der Waals surface area (Å²) in [6, 6.07) is 14.0. The monoisotopic (exact) mass is 397 g/mol. The van der Waals surface area contributed by atoms with Crippen LogP contribution in [-0.2, 0) is 4.79 Å². The van der Waals surface area contributed by atoms with Gasteiger partial charge in [-0.1, -0.05) is 26.0 Å². The number of amides is 2. The fourth-order valence-corrected chi connectivity index (χ4v) is 3.05. The summed E-state index contributed by atoms with van der Waals surface area (Å²) in [6.07, 6.45) is -0.729. The molecule has 1 aliphatic rings. The molecule has 0 spiro atoms. The third-order valence-corrected chi connectivity index (χ3v) is 4.82. The van der Waals surface area contributed by atoms with Crippen molar-refractivity contribution in [3.05, 3.63) is 54.1 Å². The van der Waals surface area contributed by atoms with Crippen LogP contribution < -0.4 is 20.1 Å². The maximum Gasteiger partial charge on any atom is 0.269 e.